The van der Waals surface area contributed by atoms with E-state index in [-0.39, 0.29) is 11.5 Å². The van der Waals surface area contributed by atoms with Gasteiger partial charge in [0.25, 0.3) is 0 Å². The Morgan fingerprint density at radius 3 is 2.56 bits per heavy atom. The van der Waals surface area contributed by atoms with Gasteiger partial charge in [0.05, 0.1) is 10.7 Å². The van der Waals surface area contributed by atoms with Crippen LogP contribution in [-0.4, -0.2) is 10.8 Å². The minimum atomic E-state index is -0.199. The summed E-state index contributed by atoms with van der Waals surface area (Å²) in [5, 5.41) is 0.419. The van der Waals surface area contributed by atoms with E-state index in [0.29, 0.717) is 16.3 Å². The number of hydrogen-bond acceptors (Lipinski definition) is 3. The number of halogens is 1. The maximum absolute atomic E-state index is 12.0. The molecule has 0 atom stereocenters. The standard InChI is InChI=1S/C12H9ClN2O/c13-9-6-10(14)11(15-7-9)12(16)8-4-2-1-3-5-8/h1-7H,14H2. The second kappa shape index (κ2) is 4.33. The Morgan fingerprint density at radius 1 is 1.25 bits per heavy atom. The van der Waals surface area contributed by atoms with Crippen LogP contribution in [0.1, 0.15) is 16.1 Å². The Hall–Kier alpha value is -1.87. The topological polar surface area (TPSA) is 56.0 Å². The molecule has 2 aromatic rings. The highest BCUT2D eigenvalue weighted by Crippen LogP contribution is 2.18. The number of benzene rings is 1. The molecule has 80 valence electrons. The highest BCUT2D eigenvalue weighted by atomic mass is 35.5. The van der Waals surface area contributed by atoms with E-state index >= 15 is 0 Å². The molecule has 1 aromatic heterocycles. The fraction of sp³-hybridized carbons (Fsp3) is 0. The minimum Gasteiger partial charge on any atom is -0.397 e. The maximum Gasteiger partial charge on any atom is 0.213 e. The molecule has 0 unspecified atom stereocenters. The monoisotopic (exact) mass is 232 g/mol. The number of anilines is 1. The van der Waals surface area contributed by atoms with Crippen LogP contribution < -0.4 is 5.73 Å². The Balaban J connectivity index is 2.42. The van der Waals surface area contributed by atoms with E-state index in [1.807, 2.05) is 6.07 Å². The van der Waals surface area contributed by atoms with Crippen molar-refractivity contribution in [3.63, 3.8) is 0 Å². The van der Waals surface area contributed by atoms with Gasteiger partial charge in [-0.25, -0.2) is 4.98 Å². The quantitative estimate of drug-likeness (QED) is 0.810. The van der Waals surface area contributed by atoms with Crippen molar-refractivity contribution in [1.29, 1.82) is 0 Å². The zero-order valence-corrected chi connectivity index (χ0v) is 9.11. The summed E-state index contributed by atoms with van der Waals surface area (Å²) in [6.45, 7) is 0. The Labute approximate surface area is 97.9 Å². The number of nitrogens with zero attached hydrogens (tertiary/aromatic N) is 1. The van der Waals surface area contributed by atoms with Crippen LogP contribution in [0.4, 0.5) is 5.69 Å². The number of hydrogen-bond donors (Lipinski definition) is 1. The fourth-order valence-corrected chi connectivity index (χ4v) is 1.54. The Kier molecular flexibility index (Phi) is 2.88. The van der Waals surface area contributed by atoms with Crippen LogP contribution in [0, 0.1) is 0 Å². The Morgan fingerprint density at radius 2 is 1.94 bits per heavy atom. The molecule has 0 amide bonds. The third-order valence-electron chi connectivity index (χ3n) is 2.13. The number of carbonyl (C=O) groups is 1. The summed E-state index contributed by atoms with van der Waals surface area (Å²) in [6.07, 6.45) is 1.41. The molecule has 0 fully saturated rings. The molecular formula is C12H9ClN2O. The zero-order chi connectivity index (χ0) is 11.5. The van der Waals surface area contributed by atoms with Crippen LogP contribution in [0.3, 0.4) is 0 Å². The highest BCUT2D eigenvalue weighted by Gasteiger charge is 2.13. The first-order chi connectivity index (χ1) is 7.68. The normalized spacial score (nSPS) is 10.1. The second-order valence-corrected chi connectivity index (χ2v) is 3.72. The Bertz CT molecular complexity index is 526. The molecule has 3 nitrogen and oxygen atoms in total. The SMILES string of the molecule is Nc1cc(Cl)cnc1C(=O)c1ccccc1. The summed E-state index contributed by atoms with van der Waals surface area (Å²) in [4.78, 5) is 15.9. The highest BCUT2D eigenvalue weighted by molar-refractivity contribution is 6.31. The lowest BCUT2D eigenvalue weighted by Gasteiger charge is -2.03. The number of pyridine rings is 1. The number of nitrogens with two attached hydrogens (primary N) is 1. The first kappa shape index (κ1) is 10.6. The van der Waals surface area contributed by atoms with Crippen LogP contribution in [-0.2, 0) is 0 Å². The van der Waals surface area contributed by atoms with Gasteiger partial charge in [-0.2, -0.15) is 0 Å². The lowest BCUT2D eigenvalue weighted by molar-refractivity contribution is 0.103. The van der Waals surface area contributed by atoms with Crippen LogP contribution in [0.2, 0.25) is 5.02 Å². The first-order valence-electron chi connectivity index (χ1n) is 4.69. The number of aromatic nitrogens is 1. The zero-order valence-electron chi connectivity index (χ0n) is 8.35. The summed E-state index contributed by atoms with van der Waals surface area (Å²) >= 11 is 5.71. The average Bonchev–Trinajstić information content (AvgIpc) is 2.29. The number of ketones is 1. The third kappa shape index (κ3) is 2.04. The molecule has 1 heterocycles. The lowest BCUT2D eigenvalue weighted by atomic mass is 10.1. The lowest BCUT2D eigenvalue weighted by Crippen LogP contribution is -2.07. The van der Waals surface area contributed by atoms with Crippen molar-refractivity contribution >= 4 is 23.1 Å². The average molecular weight is 233 g/mol. The molecule has 0 radical (unpaired) electrons. The molecular weight excluding hydrogens is 224 g/mol. The van der Waals surface area contributed by atoms with Crippen molar-refractivity contribution in [2.75, 3.05) is 5.73 Å². The number of rotatable bonds is 2. The largest absolute Gasteiger partial charge is 0.397 e. The van der Waals surface area contributed by atoms with E-state index < -0.39 is 0 Å². The van der Waals surface area contributed by atoms with Gasteiger partial charge in [-0.15, -0.1) is 0 Å². The van der Waals surface area contributed by atoms with Crippen LogP contribution >= 0.6 is 11.6 Å². The van der Waals surface area contributed by atoms with Crippen molar-refractivity contribution in [3.8, 4) is 0 Å². The molecule has 4 heteroatoms. The van der Waals surface area contributed by atoms with Crippen molar-refractivity contribution in [3.05, 3.63) is 58.9 Å². The van der Waals surface area contributed by atoms with Gasteiger partial charge in [0.1, 0.15) is 5.69 Å². The van der Waals surface area contributed by atoms with E-state index in [1.54, 1.807) is 24.3 Å². The fourth-order valence-electron chi connectivity index (χ4n) is 1.37. The minimum absolute atomic E-state index is 0.199. The van der Waals surface area contributed by atoms with Gasteiger partial charge < -0.3 is 5.73 Å². The molecule has 0 saturated heterocycles. The number of nitrogen functional groups attached to an aromatic ring is 1. The van der Waals surface area contributed by atoms with Gasteiger partial charge in [0, 0.05) is 11.8 Å². The number of carbonyl (C=O) groups excluding carboxylic acids is 1. The molecule has 2 rings (SSSR count). The van der Waals surface area contributed by atoms with Crippen LogP contribution in [0.5, 0.6) is 0 Å². The molecule has 0 saturated carbocycles. The van der Waals surface area contributed by atoms with Crippen molar-refractivity contribution < 1.29 is 4.79 Å². The maximum atomic E-state index is 12.0. The summed E-state index contributed by atoms with van der Waals surface area (Å²) < 4.78 is 0. The summed E-state index contributed by atoms with van der Waals surface area (Å²) in [6, 6.07) is 10.4. The molecule has 0 aliphatic rings. The first-order valence-corrected chi connectivity index (χ1v) is 5.07. The van der Waals surface area contributed by atoms with Gasteiger partial charge in [-0.05, 0) is 6.07 Å². The van der Waals surface area contributed by atoms with Crippen molar-refractivity contribution in [1.82, 2.24) is 4.98 Å². The van der Waals surface area contributed by atoms with Gasteiger partial charge in [-0.1, -0.05) is 41.9 Å². The molecule has 0 spiro atoms. The van der Waals surface area contributed by atoms with E-state index in [2.05, 4.69) is 4.98 Å². The summed E-state index contributed by atoms with van der Waals surface area (Å²) in [7, 11) is 0. The van der Waals surface area contributed by atoms with Crippen molar-refractivity contribution in [2.24, 2.45) is 0 Å². The van der Waals surface area contributed by atoms with Crippen LogP contribution in [0.25, 0.3) is 0 Å². The van der Waals surface area contributed by atoms with Gasteiger partial charge >= 0.3 is 0 Å². The molecule has 2 N–H and O–H groups in total. The van der Waals surface area contributed by atoms with E-state index in [9.17, 15) is 4.79 Å². The predicted molar refractivity (Wildman–Crippen MR) is 63.5 cm³/mol. The van der Waals surface area contributed by atoms with E-state index in [1.165, 1.54) is 12.3 Å². The molecule has 0 aliphatic carbocycles. The second-order valence-electron chi connectivity index (χ2n) is 3.29. The smallest absolute Gasteiger partial charge is 0.213 e. The summed E-state index contributed by atoms with van der Waals surface area (Å²) in [5.74, 6) is -0.199. The van der Waals surface area contributed by atoms with Gasteiger partial charge in [-0.3, -0.25) is 4.79 Å². The molecule has 0 bridgehead atoms. The van der Waals surface area contributed by atoms with Crippen LogP contribution in [0.15, 0.2) is 42.6 Å². The molecule has 1 aromatic carbocycles. The predicted octanol–water partition coefficient (Wildman–Crippen LogP) is 2.55. The molecule has 16 heavy (non-hydrogen) atoms. The third-order valence-corrected chi connectivity index (χ3v) is 2.34. The van der Waals surface area contributed by atoms with E-state index in [4.69, 9.17) is 17.3 Å². The van der Waals surface area contributed by atoms with Gasteiger partial charge in [0.15, 0.2) is 0 Å². The summed E-state index contributed by atoms with van der Waals surface area (Å²) in [5.41, 5.74) is 6.78. The van der Waals surface area contributed by atoms with E-state index in [0.717, 1.165) is 0 Å². The molecule has 0 aliphatic heterocycles. The van der Waals surface area contributed by atoms with Crippen molar-refractivity contribution in [2.45, 2.75) is 0 Å². The van der Waals surface area contributed by atoms with Gasteiger partial charge in [0.2, 0.25) is 5.78 Å².